The summed E-state index contributed by atoms with van der Waals surface area (Å²) in [5.41, 5.74) is 0. The van der Waals surface area contributed by atoms with Crippen LogP contribution in [0.1, 0.15) is 316 Å². The number of allylic oxidation sites excluding steroid dienone is 4. The SMILES string of the molecule is CCCCCC/C=C\CCCCCCCCCC(=O)OC(COC(=O)CCCCCCC/C=C\CCCCCCCCCCC)COC(=O)CCCCCCCCCCCCCCCC. The molecule has 0 aromatic rings. The lowest BCUT2D eigenvalue weighted by Crippen LogP contribution is -2.30. The quantitative estimate of drug-likeness (QED) is 0.0262. The van der Waals surface area contributed by atoms with Crippen LogP contribution in [0.25, 0.3) is 0 Å². The zero-order valence-electron chi connectivity index (χ0n) is 43.8. The maximum Gasteiger partial charge on any atom is 0.306 e. The molecule has 0 aromatic carbocycles. The number of ether oxygens (including phenoxy) is 3. The van der Waals surface area contributed by atoms with Gasteiger partial charge in [0.05, 0.1) is 0 Å². The molecule has 0 rings (SSSR count). The highest BCUT2D eigenvalue weighted by Gasteiger charge is 2.19. The number of hydrogen-bond acceptors (Lipinski definition) is 6. The second-order valence-electron chi connectivity index (χ2n) is 19.6. The molecular weight excluding hydrogens is 805 g/mol. The van der Waals surface area contributed by atoms with Crippen molar-refractivity contribution in [2.75, 3.05) is 13.2 Å². The molecule has 0 aromatic heterocycles. The second kappa shape index (κ2) is 54.5. The minimum atomic E-state index is -0.773. The summed E-state index contributed by atoms with van der Waals surface area (Å²) in [5.74, 6) is -0.865. The minimum Gasteiger partial charge on any atom is -0.462 e. The molecule has 1 unspecified atom stereocenters. The van der Waals surface area contributed by atoms with Crippen molar-refractivity contribution in [2.45, 2.75) is 322 Å². The fourth-order valence-corrected chi connectivity index (χ4v) is 8.55. The van der Waals surface area contributed by atoms with Gasteiger partial charge in [-0.25, -0.2) is 0 Å². The molecule has 0 radical (unpaired) electrons. The molecule has 0 N–H and O–H groups in total. The average Bonchev–Trinajstić information content (AvgIpc) is 3.30. The molecule has 382 valence electrons. The van der Waals surface area contributed by atoms with Crippen LogP contribution in [-0.4, -0.2) is 37.2 Å². The number of esters is 3. The first kappa shape index (κ1) is 62.9. The first-order chi connectivity index (χ1) is 32.0. The van der Waals surface area contributed by atoms with Gasteiger partial charge in [0, 0.05) is 19.3 Å². The molecule has 0 fully saturated rings. The van der Waals surface area contributed by atoms with Crippen molar-refractivity contribution in [3.63, 3.8) is 0 Å². The molecule has 0 aliphatic heterocycles. The molecule has 6 heteroatoms. The van der Waals surface area contributed by atoms with Crippen LogP contribution in [0.4, 0.5) is 0 Å². The van der Waals surface area contributed by atoms with E-state index in [1.165, 1.54) is 212 Å². The Labute approximate surface area is 404 Å². The van der Waals surface area contributed by atoms with E-state index in [9.17, 15) is 14.4 Å². The Hall–Kier alpha value is -2.11. The molecule has 65 heavy (non-hydrogen) atoms. The monoisotopic (exact) mass is 915 g/mol. The van der Waals surface area contributed by atoms with Gasteiger partial charge in [-0.1, -0.05) is 251 Å². The lowest BCUT2D eigenvalue weighted by molar-refractivity contribution is -0.167. The third-order valence-corrected chi connectivity index (χ3v) is 12.9. The van der Waals surface area contributed by atoms with Crippen LogP contribution in [-0.2, 0) is 28.6 Å². The third kappa shape index (κ3) is 52.7. The Morgan fingerprint density at radius 2 is 0.508 bits per heavy atom. The van der Waals surface area contributed by atoms with Crippen LogP contribution in [0.2, 0.25) is 0 Å². The summed E-state index contributed by atoms with van der Waals surface area (Å²) < 4.78 is 16.9. The summed E-state index contributed by atoms with van der Waals surface area (Å²) in [4.78, 5) is 38.1. The maximum absolute atomic E-state index is 12.8. The second-order valence-corrected chi connectivity index (χ2v) is 19.6. The molecule has 0 bridgehead atoms. The van der Waals surface area contributed by atoms with E-state index >= 15 is 0 Å². The van der Waals surface area contributed by atoms with Crippen molar-refractivity contribution < 1.29 is 28.6 Å². The van der Waals surface area contributed by atoms with Crippen molar-refractivity contribution in [3.05, 3.63) is 24.3 Å². The fraction of sp³-hybridized carbons (Fsp3) is 0.881. The van der Waals surface area contributed by atoms with Crippen molar-refractivity contribution in [3.8, 4) is 0 Å². The molecule has 0 saturated heterocycles. The highest BCUT2D eigenvalue weighted by atomic mass is 16.6. The topological polar surface area (TPSA) is 78.9 Å². The Kier molecular flexibility index (Phi) is 52.7. The first-order valence-corrected chi connectivity index (χ1v) is 28.8. The van der Waals surface area contributed by atoms with E-state index in [-0.39, 0.29) is 31.1 Å². The number of unbranched alkanes of at least 4 members (excludes halogenated alkanes) is 38. The zero-order chi connectivity index (χ0) is 47.2. The van der Waals surface area contributed by atoms with Crippen LogP contribution in [0.3, 0.4) is 0 Å². The summed E-state index contributed by atoms with van der Waals surface area (Å²) in [7, 11) is 0. The van der Waals surface area contributed by atoms with E-state index in [2.05, 4.69) is 45.1 Å². The van der Waals surface area contributed by atoms with Crippen LogP contribution >= 0.6 is 0 Å². The van der Waals surface area contributed by atoms with Gasteiger partial charge in [-0.05, 0) is 70.6 Å². The first-order valence-electron chi connectivity index (χ1n) is 28.8. The third-order valence-electron chi connectivity index (χ3n) is 12.9. The van der Waals surface area contributed by atoms with E-state index in [0.29, 0.717) is 19.3 Å². The number of carbonyl (C=O) groups excluding carboxylic acids is 3. The standard InChI is InChI=1S/C59H110O6/c1-4-7-10-13-16-19-22-25-28-29-30-32-34-37-40-43-46-49-52-58(61)64-55-56(54-63-57(60)51-48-45-42-39-36-33-27-24-21-18-15-12-9-6-3)65-59(62)53-50-47-44-41-38-35-31-26-23-20-17-14-11-8-5-2/h20,23,30,32,56H,4-19,21-22,24-29,31,33-55H2,1-3H3/b23-20-,32-30-. The number of rotatable bonds is 53. The van der Waals surface area contributed by atoms with Gasteiger partial charge in [0.2, 0.25) is 0 Å². The molecule has 0 amide bonds. The van der Waals surface area contributed by atoms with E-state index < -0.39 is 6.10 Å². The molecule has 0 aliphatic rings. The van der Waals surface area contributed by atoms with E-state index in [1.807, 2.05) is 0 Å². The Morgan fingerprint density at radius 3 is 0.785 bits per heavy atom. The molecule has 0 aliphatic carbocycles. The number of carbonyl (C=O) groups is 3. The van der Waals surface area contributed by atoms with E-state index in [4.69, 9.17) is 14.2 Å². The van der Waals surface area contributed by atoms with Gasteiger partial charge in [0.15, 0.2) is 6.10 Å². The Bertz CT molecular complexity index is 1050. The van der Waals surface area contributed by atoms with Crippen LogP contribution in [0.5, 0.6) is 0 Å². The lowest BCUT2D eigenvalue weighted by atomic mass is 10.0. The molecule has 0 saturated carbocycles. The van der Waals surface area contributed by atoms with Crippen molar-refractivity contribution in [1.82, 2.24) is 0 Å². The molecule has 6 nitrogen and oxygen atoms in total. The highest BCUT2D eigenvalue weighted by molar-refractivity contribution is 5.71. The largest absolute Gasteiger partial charge is 0.462 e. The summed E-state index contributed by atoms with van der Waals surface area (Å²) >= 11 is 0. The lowest BCUT2D eigenvalue weighted by Gasteiger charge is -2.18. The predicted octanol–water partition coefficient (Wildman–Crippen LogP) is 19.1. The van der Waals surface area contributed by atoms with E-state index in [1.54, 1.807) is 0 Å². The van der Waals surface area contributed by atoms with Gasteiger partial charge in [0.25, 0.3) is 0 Å². The molecule has 0 heterocycles. The van der Waals surface area contributed by atoms with Crippen LogP contribution in [0.15, 0.2) is 24.3 Å². The summed E-state index contributed by atoms with van der Waals surface area (Å²) in [6.07, 6.45) is 63.1. The van der Waals surface area contributed by atoms with Gasteiger partial charge in [0.1, 0.15) is 13.2 Å². The highest BCUT2D eigenvalue weighted by Crippen LogP contribution is 2.16. The predicted molar refractivity (Wildman–Crippen MR) is 279 cm³/mol. The summed E-state index contributed by atoms with van der Waals surface area (Å²) in [5, 5.41) is 0. The minimum absolute atomic E-state index is 0.0713. The van der Waals surface area contributed by atoms with Crippen LogP contribution < -0.4 is 0 Å². The van der Waals surface area contributed by atoms with Gasteiger partial charge < -0.3 is 14.2 Å². The van der Waals surface area contributed by atoms with Gasteiger partial charge in [-0.15, -0.1) is 0 Å². The summed E-state index contributed by atoms with van der Waals surface area (Å²) in [6, 6.07) is 0. The van der Waals surface area contributed by atoms with Crippen molar-refractivity contribution in [1.29, 1.82) is 0 Å². The van der Waals surface area contributed by atoms with Gasteiger partial charge in [-0.3, -0.25) is 14.4 Å². The Morgan fingerprint density at radius 1 is 0.292 bits per heavy atom. The van der Waals surface area contributed by atoms with Crippen molar-refractivity contribution >= 4 is 17.9 Å². The van der Waals surface area contributed by atoms with Gasteiger partial charge >= 0.3 is 17.9 Å². The summed E-state index contributed by atoms with van der Waals surface area (Å²) in [6.45, 7) is 6.66. The smallest absolute Gasteiger partial charge is 0.306 e. The van der Waals surface area contributed by atoms with Crippen molar-refractivity contribution in [2.24, 2.45) is 0 Å². The maximum atomic E-state index is 12.8. The molecule has 0 spiro atoms. The Balaban J connectivity index is 4.34. The van der Waals surface area contributed by atoms with E-state index in [0.717, 1.165) is 64.2 Å². The zero-order valence-corrected chi connectivity index (χ0v) is 43.8. The normalized spacial score (nSPS) is 12.1. The number of hydrogen-bond donors (Lipinski definition) is 0. The van der Waals surface area contributed by atoms with Gasteiger partial charge in [-0.2, -0.15) is 0 Å². The fourth-order valence-electron chi connectivity index (χ4n) is 8.55. The van der Waals surface area contributed by atoms with Crippen LogP contribution in [0, 0.1) is 0 Å². The molecular formula is C59H110O6. The molecule has 1 atom stereocenters. The average molecular weight is 916 g/mol.